The first-order valence-electron chi connectivity index (χ1n) is 8.97. The zero-order chi connectivity index (χ0) is 20.7. The summed E-state index contributed by atoms with van der Waals surface area (Å²) < 4.78 is 1.16. The molecular formula is C19H16N4O4S2. The zero-order valence-corrected chi connectivity index (χ0v) is 17.1. The summed E-state index contributed by atoms with van der Waals surface area (Å²) in [7, 11) is 0. The molecule has 148 valence electrons. The number of nitriles is 1. The highest BCUT2D eigenvalue weighted by molar-refractivity contribution is 7.17. The van der Waals surface area contributed by atoms with E-state index in [-0.39, 0.29) is 17.5 Å². The van der Waals surface area contributed by atoms with Crippen LogP contribution in [0.2, 0.25) is 0 Å². The molecule has 29 heavy (non-hydrogen) atoms. The summed E-state index contributed by atoms with van der Waals surface area (Å²) in [5.74, 6) is -1.35. The van der Waals surface area contributed by atoms with Crippen LogP contribution >= 0.6 is 22.7 Å². The van der Waals surface area contributed by atoms with Crippen LogP contribution in [0.5, 0.6) is 0 Å². The summed E-state index contributed by atoms with van der Waals surface area (Å²) in [4.78, 5) is 42.6. The van der Waals surface area contributed by atoms with Crippen LogP contribution in [-0.4, -0.2) is 26.5 Å². The van der Waals surface area contributed by atoms with Gasteiger partial charge in [0.15, 0.2) is 0 Å². The molecule has 3 aromatic rings. The Hall–Kier alpha value is -3.03. The van der Waals surface area contributed by atoms with Gasteiger partial charge in [0.2, 0.25) is 5.91 Å². The molecule has 0 aromatic carbocycles. The van der Waals surface area contributed by atoms with Crippen LogP contribution in [-0.2, 0) is 24.2 Å². The van der Waals surface area contributed by atoms with Crippen LogP contribution in [0.15, 0.2) is 10.2 Å². The fraction of sp³-hybridized carbons (Fsp3) is 0.316. The van der Waals surface area contributed by atoms with Gasteiger partial charge in [-0.2, -0.15) is 5.26 Å². The zero-order valence-electron chi connectivity index (χ0n) is 15.4. The predicted molar refractivity (Wildman–Crippen MR) is 110 cm³/mol. The lowest BCUT2D eigenvalue weighted by molar-refractivity contribution is -0.116. The largest absolute Gasteiger partial charge is 0.478 e. The van der Waals surface area contributed by atoms with E-state index in [1.807, 2.05) is 0 Å². The van der Waals surface area contributed by atoms with E-state index in [0.717, 1.165) is 52.0 Å². The van der Waals surface area contributed by atoms with Crippen molar-refractivity contribution in [1.82, 2.24) is 9.55 Å². The number of carbonyl (C=O) groups is 2. The van der Waals surface area contributed by atoms with E-state index >= 15 is 0 Å². The van der Waals surface area contributed by atoms with Crippen molar-refractivity contribution in [1.29, 1.82) is 5.26 Å². The number of aryl methyl sites for hydroxylation is 2. The molecule has 3 aromatic heterocycles. The third-order valence-corrected chi connectivity index (χ3v) is 7.03. The topological polar surface area (TPSA) is 125 Å². The second-order valence-electron chi connectivity index (χ2n) is 6.76. The monoisotopic (exact) mass is 428 g/mol. The number of nitrogens with zero attached hydrogens (tertiary/aromatic N) is 3. The Morgan fingerprint density at radius 2 is 2.14 bits per heavy atom. The number of thiophene rings is 2. The van der Waals surface area contributed by atoms with Gasteiger partial charge in [0.25, 0.3) is 5.56 Å². The summed E-state index contributed by atoms with van der Waals surface area (Å²) in [5, 5.41) is 23.5. The Balaban J connectivity index is 1.66. The predicted octanol–water partition coefficient (Wildman–Crippen LogP) is 2.92. The second kappa shape index (κ2) is 7.42. The van der Waals surface area contributed by atoms with E-state index in [4.69, 9.17) is 0 Å². The quantitative estimate of drug-likeness (QED) is 0.658. The molecule has 0 unspecified atom stereocenters. The fourth-order valence-electron chi connectivity index (χ4n) is 3.55. The molecule has 0 aliphatic heterocycles. The summed E-state index contributed by atoms with van der Waals surface area (Å²) in [5.41, 5.74) is 0.836. The number of fused-ring (bicyclic) bond motifs is 2. The minimum absolute atomic E-state index is 0.00482. The highest BCUT2D eigenvalue weighted by atomic mass is 32.1. The summed E-state index contributed by atoms with van der Waals surface area (Å²) >= 11 is 2.49. The lowest BCUT2D eigenvalue weighted by atomic mass is 9.96. The minimum atomic E-state index is -1.21. The van der Waals surface area contributed by atoms with Gasteiger partial charge >= 0.3 is 5.97 Å². The standard InChI is InChI=1S/C19H16N4O4S2/c1-9-21-17-15(12(8-28-17)19(26)27)18(25)23(9)7-14(24)22-16-11(6-20)10-4-2-3-5-13(10)29-16/h8H,2-5,7H2,1H3,(H,22,24)(H,26,27). The third kappa shape index (κ3) is 3.32. The van der Waals surface area contributed by atoms with Crippen LogP contribution in [0.1, 0.15) is 45.0 Å². The van der Waals surface area contributed by atoms with E-state index in [2.05, 4.69) is 16.4 Å². The number of nitrogens with one attached hydrogen (secondary N) is 1. The molecule has 4 rings (SSSR count). The molecule has 0 saturated heterocycles. The van der Waals surface area contributed by atoms with Crippen LogP contribution in [0, 0.1) is 18.3 Å². The van der Waals surface area contributed by atoms with E-state index in [9.17, 15) is 24.8 Å². The lowest BCUT2D eigenvalue weighted by Gasteiger charge is -2.10. The van der Waals surface area contributed by atoms with E-state index < -0.39 is 17.4 Å². The van der Waals surface area contributed by atoms with Gasteiger partial charge in [-0.3, -0.25) is 14.2 Å². The lowest BCUT2D eigenvalue weighted by Crippen LogP contribution is -2.30. The van der Waals surface area contributed by atoms with Gasteiger partial charge < -0.3 is 10.4 Å². The molecule has 0 spiro atoms. The van der Waals surface area contributed by atoms with Crippen molar-refractivity contribution in [3.63, 3.8) is 0 Å². The van der Waals surface area contributed by atoms with Crippen LogP contribution in [0.25, 0.3) is 10.2 Å². The van der Waals surface area contributed by atoms with E-state index in [1.54, 1.807) is 6.92 Å². The number of amides is 1. The summed E-state index contributed by atoms with van der Waals surface area (Å²) in [6.45, 7) is 1.29. The van der Waals surface area contributed by atoms with Crippen molar-refractivity contribution in [2.24, 2.45) is 0 Å². The van der Waals surface area contributed by atoms with Crippen LogP contribution in [0.4, 0.5) is 5.00 Å². The van der Waals surface area contributed by atoms with E-state index in [0.29, 0.717) is 21.2 Å². The highest BCUT2D eigenvalue weighted by Gasteiger charge is 2.23. The first-order chi connectivity index (χ1) is 13.9. The molecule has 0 saturated carbocycles. The number of carboxylic acids is 1. The van der Waals surface area contributed by atoms with Crippen LogP contribution in [0.3, 0.4) is 0 Å². The first-order valence-corrected chi connectivity index (χ1v) is 10.7. The molecule has 0 bridgehead atoms. The summed E-state index contributed by atoms with van der Waals surface area (Å²) in [6, 6.07) is 2.19. The Labute approximate surface area is 173 Å². The molecule has 8 nitrogen and oxygen atoms in total. The molecular weight excluding hydrogens is 412 g/mol. The number of carbonyl (C=O) groups excluding carboxylic acids is 1. The van der Waals surface area contributed by atoms with Crippen molar-refractivity contribution in [3.05, 3.63) is 43.1 Å². The van der Waals surface area contributed by atoms with Crippen molar-refractivity contribution < 1.29 is 14.7 Å². The maximum Gasteiger partial charge on any atom is 0.337 e. The number of rotatable bonds is 4. The molecule has 10 heteroatoms. The van der Waals surface area contributed by atoms with E-state index in [1.165, 1.54) is 16.7 Å². The van der Waals surface area contributed by atoms with Gasteiger partial charge in [0.05, 0.1) is 16.5 Å². The van der Waals surface area contributed by atoms with Crippen molar-refractivity contribution in [2.75, 3.05) is 5.32 Å². The molecule has 2 N–H and O–H groups in total. The smallest absolute Gasteiger partial charge is 0.337 e. The number of anilines is 1. The van der Waals surface area contributed by atoms with Gasteiger partial charge in [-0.05, 0) is 38.2 Å². The van der Waals surface area contributed by atoms with Gasteiger partial charge in [0.1, 0.15) is 28.3 Å². The SMILES string of the molecule is Cc1nc2scc(C(=O)O)c2c(=O)n1CC(=O)Nc1sc2c(c1C#N)CCCC2. The summed E-state index contributed by atoms with van der Waals surface area (Å²) in [6.07, 6.45) is 3.83. The molecule has 0 radical (unpaired) electrons. The van der Waals surface area contributed by atoms with Gasteiger partial charge in [0, 0.05) is 10.3 Å². The highest BCUT2D eigenvalue weighted by Crippen LogP contribution is 2.37. The average Bonchev–Trinajstić information content (AvgIpc) is 3.25. The molecule has 1 aliphatic rings. The normalized spacial score (nSPS) is 13.1. The van der Waals surface area contributed by atoms with Crippen molar-refractivity contribution in [2.45, 2.75) is 39.2 Å². The number of carboxylic acid groups (broad SMARTS) is 1. The molecule has 3 heterocycles. The van der Waals surface area contributed by atoms with Gasteiger partial charge in [-0.1, -0.05) is 0 Å². The Morgan fingerprint density at radius 1 is 1.38 bits per heavy atom. The average molecular weight is 428 g/mol. The van der Waals surface area contributed by atoms with Gasteiger partial charge in [-0.15, -0.1) is 22.7 Å². The Bertz CT molecular complexity index is 1260. The number of hydrogen-bond donors (Lipinski definition) is 2. The molecule has 0 fully saturated rings. The Kier molecular flexibility index (Phi) is 4.94. The maximum atomic E-state index is 12.8. The van der Waals surface area contributed by atoms with Gasteiger partial charge in [-0.25, -0.2) is 9.78 Å². The first kappa shape index (κ1) is 19.3. The molecule has 1 amide bonds. The maximum absolute atomic E-state index is 12.8. The third-order valence-electron chi connectivity index (χ3n) is 4.95. The second-order valence-corrected chi connectivity index (χ2v) is 8.72. The fourth-order valence-corrected chi connectivity index (χ4v) is 5.76. The minimum Gasteiger partial charge on any atom is -0.478 e. The van der Waals surface area contributed by atoms with Crippen LogP contribution < -0.4 is 10.9 Å². The molecule has 1 aliphatic carbocycles. The van der Waals surface area contributed by atoms with Crippen molar-refractivity contribution >= 4 is 49.8 Å². The number of aromatic carboxylic acids is 1. The number of hydrogen-bond acceptors (Lipinski definition) is 7. The van der Waals surface area contributed by atoms with Crippen molar-refractivity contribution in [3.8, 4) is 6.07 Å². The Morgan fingerprint density at radius 3 is 2.86 bits per heavy atom. The number of aromatic nitrogens is 2. The molecule has 0 atom stereocenters.